The summed E-state index contributed by atoms with van der Waals surface area (Å²) >= 11 is 0. The second-order valence-electron chi connectivity index (χ2n) is 8.51. The third kappa shape index (κ3) is 9.67. The number of pyridine rings is 2. The number of aromatic nitrogens is 2. The number of carbonyl (C=O) groups excluding carboxylic acids is 2. The quantitative estimate of drug-likeness (QED) is 0.227. The first-order valence-corrected chi connectivity index (χ1v) is 12.0. The van der Waals surface area contributed by atoms with E-state index in [0.717, 1.165) is 40.6 Å². The fourth-order valence-corrected chi connectivity index (χ4v) is 3.42. The van der Waals surface area contributed by atoms with Gasteiger partial charge in [-0.3, -0.25) is 9.78 Å². The van der Waals surface area contributed by atoms with Gasteiger partial charge in [-0.25, -0.2) is 4.98 Å². The summed E-state index contributed by atoms with van der Waals surface area (Å²) in [5.41, 5.74) is 10.6. The third-order valence-corrected chi connectivity index (χ3v) is 5.24. The Morgan fingerprint density at radius 1 is 1.08 bits per heavy atom. The van der Waals surface area contributed by atoms with Crippen molar-refractivity contribution in [3.8, 4) is 17.6 Å². The molecule has 0 radical (unpaired) electrons. The predicted molar refractivity (Wildman–Crippen MR) is 148 cm³/mol. The van der Waals surface area contributed by atoms with Gasteiger partial charge in [0.25, 0.3) is 0 Å². The molecule has 0 saturated heterocycles. The number of carbonyl (C=O) groups is 2. The van der Waals surface area contributed by atoms with Gasteiger partial charge in [0.15, 0.2) is 5.78 Å². The molecule has 0 bridgehead atoms. The van der Waals surface area contributed by atoms with Crippen LogP contribution in [-0.4, -0.2) is 33.7 Å². The number of rotatable bonds is 4. The zero-order valence-electron chi connectivity index (χ0n) is 21.7. The third-order valence-electron chi connectivity index (χ3n) is 5.24. The van der Waals surface area contributed by atoms with E-state index in [2.05, 4.69) is 28.7 Å². The minimum atomic E-state index is 0.0327. The number of aldehydes is 1. The number of phenolic OH excluding ortho intramolecular Hbond substituents is 1. The molecule has 3 N–H and O–H groups in total. The van der Waals surface area contributed by atoms with Crippen molar-refractivity contribution in [3.05, 3.63) is 101 Å². The summed E-state index contributed by atoms with van der Waals surface area (Å²) in [5.74, 6) is 6.96. The average molecular weight is 496 g/mol. The Balaban J connectivity index is 0.000000271. The zero-order chi connectivity index (χ0) is 27.2. The Morgan fingerprint density at radius 3 is 2.38 bits per heavy atom. The molecular weight excluding hydrogens is 462 g/mol. The molecule has 0 saturated carbocycles. The monoisotopic (exact) mass is 495 g/mol. The van der Waals surface area contributed by atoms with Gasteiger partial charge < -0.3 is 15.6 Å². The predicted octanol–water partition coefficient (Wildman–Crippen LogP) is 5.28. The summed E-state index contributed by atoms with van der Waals surface area (Å²) in [6.07, 6.45) is 3.45. The second kappa shape index (κ2) is 14.9. The van der Waals surface area contributed by atoms with Crippen molar-refractivity contribution in [1.82, 2.24) is 9.97 Å². The smallest absolute Gasteiger partial charge is 0.160 e. The van der Waals surface area contributed by atoms with E-state index in [1.165, 1.54) is 12.5 Å². The van der Waals surface area contributed by atoms with Crippen LogP contribution in [0.3, 0.4) is 0 Å². The minimum Gasteiger partial charge on any atom is -0.508 e. The Morgan fingerprint density at radius 2 is 1.78 bits per heavy atom. The van der Waals surface area contributed by atoms with Gasteiger partial charge in [-0.1, -0.05) is 31.0 Å². The van der Waals surface area contributed by atoms with Crippen molar-refractivity contribution in [3.63, 3.8) is 0 Å². The highest BCUT2D eigenvalue weighted by atomic mass is 16.3. The van der Waals surface area contributed by atoms with Crippen LogP contribution in [0.15, 0.2) is 72.9 Å². The van der Waals surface area contributed by atoms with Gasteiger partial charge in [-0.2, -0.15) is 0 Å². The topological polar surface area (TPSA) is 106 Å². The molecule has 6 nitrogen and oxygen atoms in total. The molecule has 0 aliphatic heterocycles. The van der Waals surface area contributed by atoms with Gasteiger partial charge in [0.2, 0.25) is 0 Å². The molecule has 4 aromatic rings. The van der Waals surface area contributed by atoms with Crippen molar-refractivity contribution in [2.24, 2.45) is 11.7 Å². The van der Waals surface area contributed by atoms with E-state index in [9.17, 15) is 4.79 Å². The van der Waals surface area contributed by atoms with Crippen molar-refractivity contribution >= 4 is 23.0 Å². The van der Waals surface area contributed by atoms with Crippen LogP contribution in [0.5, 0.6) is 5.75 Å². The highest BCUT2D eigenvalue weighted by Crippen LogP contribution is 2.20. The SMILES string of the molecule is CC(=O)c1cc(C)nc2ccc(C#Cc3ccccn3)cc12.CC(CN)Cc1ccc(O)cc1.CC=O. The molecule has 0 spiro atoms. The highest BCUT2D eigenvalue weighted by Gasteiger charge is 2.08. The number of nitrogens with zero attached hydrogens (tertiary/aromatic N) is 2. The maximum absolute atomic E-state index is 11.8. The number of Topliss-reactive ketones (excluding diaryl/α,β-unsaturated/α-hetero) is 1. The second-order valence-corrected chi connectivity index (χ2v) is 8.51. The standard InChI is InChI=1S/C19H14N2O.C10H15NO.C2H4O/c1-13-11-17(14(2)22)18-12-15(7-9-19(18)21-13)6-8-16-5-3-4-10-20-16;1-8(7-11)6-9-2-4-10(12)5-3-9;1-2-3/h3-5,7,9-12H,1-2H3;2-5,8,12H,6-7,11H2,1H3;2H,1H3. The van der Waals surface area contributed by atoms with Gasteiger partial charge in [0, 0.05) is 28.4 Å². The molecule has 1 atom stereocenters. The van der Waals surface area contributed by atoms with Crippen LogP contribution in [0.4, 0.5) is 0 Å². The highest BCUT2D eigenvalue weighted by molar-refractivity contribution is 6.06. The maximum Gasteiger partial charge on any atom is 0.160 e. The molecule has 6 heteroatoms. The summed E-state index contributed by atoms with van der Waals surface area (Å²) in [7, 11) is 0. The molecule has 2 aromatic heterocycles. The van der Waals surface area contributed by atoms with Gasteiger partial charge >= 0.3 is 0 Å². The lowest BCUT2D eigenvalue weighted by molar-refractivity contribution is -0.106. The number of aromatic hydroxyl groups is 1. The Kier molecular flexibility index (Phi) is 11.7. The fourth-order valence-electron chi connectivity index (χ4n) is 3.42. The molecule has 2 aromatic carbocycles. The Bertz CT molecular complexity index is 1370. The van der Waals surface area contributed by atoms with Gasteiger partial charge in [-0.15, -0.1) is 0 Å². The summed E-state index contributed by atoms with van der Waals surface area (Å²) in [4.78, 5) is 29.3. The van der Waals surface area contributed by atoms with Crippen LogP contribution >= 0.6 is 0 Å². The molecule has 0 amide bonds. The number of ketones is 1. The fraction of sp³-hybridized carbons (Fsp3) is 0.226. The lowest BCUT2D eigenvalue weighted by atomic mass is 10.0. The molecule has 190 valence electrons. The normalized spacial score (nSPS) is 10.5. The first-order chi connectivity index (χ1) is 17.8. The summed E-state index contributed by atoms with van der Waals surface area (Å²) < 4.78 is 0. The maximum atomic E-state index is 11.8. The number of nitrogens with two attached hydrogens (primary N) is 1. The van der Waals surface area contributed by atoms with Crippen molar-refractivity contribution < 1.29 is 14.7 Å². The zero-order valence-corrected chi connectivity index (χ0v) is 21.7. The Labute approximate surface area is 218 Å². The summed E-state index contributed by atoms with van der Waals surface area (Å²) in [6.45, 7) is 7.73. The molecule has 0 fully saturated rings. The van der Waals surface area contributed by atoms with Crippen LogP contribution in [0.1, 0.15) is 53.6 Å². The average Bonchev–Trinajstić information content (AvgIpc) is 2.89. The van der Waals surface area contributed by atoms with E-state index in [-0.39, 0.29) is 5.78 Å². The van der Waals surface area contributed by atoms with Gasteiger partial charge in [0.05, 0.1) is 5.52 Å². The van der Waals surface area contributed by atoms with Gasteiger partial charge in [0.1, 0.15) is 17.7 Å². The molecule has 37 heavy (non-hydrogen) atoms. The van der Waals surface area contributed by atoms with Crippen molar-refractivity contribution in [2.45, 2.75) is 34.1 Å². The largest absolute Gasteiger partial charge is 0.508 e. The minimum absolute atomic E-state index is 0.0327. The Hall–Kier alpha value is -4.34. The lowest BCUT2D eigenvalue weighted by Crippen LogP contribution is -2.12. The molecule has 2 heterocycles. The van der Waals surface area contributed by atoms with Crippen molar-refractivity contribution in [2.75, 3.05) is 6.54 Å². The summed E-state index contributed by atoms with van der Waals surface area (Å²) in [6, 6.07) is 20.4. The number of benzene rings is 2. The number of hydrogen-bond donors (Lipinski definition) is 2. The van der Waals surface area contributed by atoms with E-state index in [1.807, 2.05) is 61.5 Å². The van der Waals surface area contributed by atoms with Crippen LogP contribution in [-0.2, 0) is 11.2 Å². The van der Waals surface area contributed by atoms with Crippen molar-refractivity contribution in [1.29, 1.82) is 0 Å². The van der Waals surface area contributed by atoms with E-state index >= 15 is 0 Å². The molecule has 4 rings (SSSR count). The first kappa shape index (κ1) is 28.9. The molecule has 0 aliphatic rings. The van der Waals surface area contributed by atoms with Crippen LogP contribution in [0.25, 0.3) is 10.9 Å². The van der Waals surface area contributed by atoms with Crippen LogP contribution < -0.4 is 5.73 Å². The van der Waals surface area contributed by atoms with E-state index < -0.39 is 0 Å². The van der Waals surface area contributed by atoms with E-state index in [0.29, 0.717) is 23.8 Å². The molecule has 1 unspecified atom stereocenters. The van der Waals surface area contributed by atoms with Crippen LogP contribution in [0, 0.1) is 24.7 Å². The molecular formula is C31H33N3O3. The number of aryl methyl sites for hydroxylation is 1. The first-order valence-electron chi connectivity index (χ1n) is 12.0. The molecule has 0 aliphatic carbocycles. The van der Waals surface area contributed by atoms with E-state index in [4.69, 9.17) is 15.6 Å². The van der Waals surface area contributed by atoms with Gasteiger partial charge in [-0.05, 0) is 99.7 Å². The van der Waals surface area contributed by atoms with Crippen LogP contribution in [0.2, 0.25) is 0 Å². The number of hydrogen-bond acceptors (Lipinski definition) is 6. The summed E-state index contributed by atoms with van der Waals surface area (Å²) in [5, 5.41) is 9.86. The lowest BCUT2D eigenvalue weighted by Gasteiger charge is -2.07. The number of phenols is 1. The number of fused-ring (bicyclic) bond motifs is 1. The van der Waals surface area contributed by atoms with E-state index in [1.54, 1.807) is 25.3 Å².